The van der Waals surface area contributed by atoms with E-state index in [9.17, 15) is 8.78 Å². The summed E-state index contributed by atoms with van der Waals surface area (Å²) < 4.78 is 27.1. The predicted octanol–water partition coefficient (Wildman–Crippen LogP) is 1.16. The van der Waals surface area contributed by atoms with E-state index in [4.69, 9.17) is 5.11 Å². The molecule has 0 radical (unpaired) electrons. The van der Waals surface area contributed by atoms with Crippen molar-refractivity contribution < 1.29 is 13.9 Å². The van der Waals surface area contributed by atoms with Crippen LogP contribution in [0.2, 0.25) is 0 Å². The molecule has 0 fully saturated rings. The third kappa shape index (κ3) is 3.01. The maximum Gasteiger partial charge on any atom is 0.160 e. The van der Waals surface area contributed by atoms with Crippen LogP contribution in [0.1, 0.15) is 5.69 Å². The van der Waals surface area contributed by atoms with Crippen LogP contribution in [0.3, 0.4) is 0 Å². The summed E-state index contributed by atoms with van der Waals surface area (Å²) in [6.45, 7) is 0.702. The Balaban J connectivity index is 1.95. The van der Waals surface area contributed by atoms with Crippen LogP contribution in [0.25, 0.3) is 0 Å². The Morgan fingerprint density at radius 1 is 1.28 bits per heavy atom. The first kappa shape index (κ1) is 12.4. The smallest absolute Gasteiger partial charge is 0.160 e. The van der Waals surface area contributed by atoms with Crippen molar-refractivity contribution in [3.05, 3.63) is 41.7 Å². The van der Waals surface area contributed by atoms with Crippen molar-refractivity contribution in [1.82, 2.24) is 15.0 Å². The Morgan fingerprint density at radius 2 is 2.11 bits per heavy atom. The van der Waals surface area contributed by atoms with Crippen LogP contribution in [0, 0.1) is 11.6 Å². The molecule has 0 atom stereocenters. The maximum absolute atomic E-state index is 12.9. The SMILES string of the molecule is OCCn1cc(CNc2ccc(F)c(F)c2)nn1. The highest BCUT2D eigenvalue weighted by molar-refractivity contribution is 5.43. The standard InChI is InChI=1S/C11H12F2N4O/c12-10-2-1-8(5-11(10)13)14-6-9-7-17(3-4-18)16-15-9/h1-2,5,7,14,18H,3-4,6H2. The fourth-order valence-electron chi connectivity index (χ4n) is 1.43. The Hall–Kier alpha value is -2.02. The first-order chi connectivity index (χ1) is 8.69. The summed E-state index contributed by atoms with van der Waals surface area (Å²) in [5.41, 5.74) is 1.11. The van der Waals surface area contributed by atoms with Crippen LogP contribution >= 0.6 is 0 Å². The van der Waals surface area contributed by atoms with Gasteiger partial charge in [-0.1, -0.05) is 5.21 Å². The molecule has 96 valence electrons. The number of hydrogen-bond acceptors (Lipinski definition) is 4. The van der Waals surface area contributed by atoms with E-state index in [1.165, 1.54) is 10.7 Å². The van der Waals surface area contributed by atoms with Crippen molar-refractivity contribution in [3.63, 3.8) is 0 Å². The number of benzene rings is 1. The second-order valence-electron chi connectivity index (χ2n) is 3.68. The number of halogens is 2. The molecule has 0 unspecified atom stereocenters. The van der Waals surface area contributed by atoms with Gasteiger partial charge in [0, 0.05) is 11.8 Å². The molecule has 0 aliphatic rings. The van der Waals surface area contributed by atoms with Gasteiger partial charge in [-0.25, -0.2) is 13.5 Å². The molecule has 2 aromatic rings. The van der Waals surface area contributed by atoms with Crippen LogP contribution in [0.15, 0.2) is 24.4 Å². The molecular weight excluding hydrogens is 242 g/mol. The van der Waals surface area contributed by atoms with Crippen molar-refractivity contribution in [2.75, 3.05) is 11.9 Å². The summed E-state index contributed by atoms with van der Waals surface area (Å²) in [5, 5.41) is 19.3. The van der Waals surface area contributed by atoms with Crippen LogP contribution < -0.4 is 5.32 Å². The van der Waals surface area contributed by atoms with E-state index in [0.717, 1.165) is 12.1 Å². The molecule has 0 bridgehead atoms. The zero-order valence-corrected chi connectivity index (χ0v) is 9.48. The summed E-state index contributed by atoms with van der Waals surface area (Å²) in [7, 11) is 0. The third-order valence-electron chi connectivity index (χ3n) is 2.31. The highest BCUT2D eigenvalue weighted by atomic mass is 19.2. The molecular formula is C11H12F2N4O. The number of hydrogen-bond donors (Lipinski definition) is 2. The summed E-state index contributed by atoms with van der Waals surface area (Å²) in [5.74, 6) is -1.78. The van der Waals surface area contributed by atoms with Gasteiger partial charge in [0.25, 0.3) is 0 Å². The molecule has 0 saturated heterocycles. The normalized spacial score (nSPS) is 10.6. The monoisotopic (exact) mass is 254 g/mol. The molecule has 5 nitrogen and oxygen atoms in total. The quantitative estimate of drug-likeness (QED) is 0.840. The van der Waals surface area contributed by atoms with E-state index in [1.807, 2.05) is 0 Å². The number of aliphatic hydroxyl groups is 1. The van der Waals surface area contributed by atoms with Crippen LogP contribution in [0.5, 0.6) is 0 Å². The number of nitrogens with one attached hydrogen (secondary N) is 1. The van der Waals surface area contributed by atoms with Crippen LogP contribution in [0.4, 0.5) is 14.5 Å². The summed E-state index contributed by atoms with van der Waals surface area (Å²) in [4.78, 5) is 0. The van der Waals surface area contributed by atoms with Gasteiger partial charge < -0.3 is 10.4 Å². The molecule has 7 heteroatoms. The zero-order valence-electron chi connectivity index (χ0n) is 9.48. The molecule has 0 spiro atoms. The Kier molecular flexibility index (Phi) is 3.83. The number of rotatable bonds is 5. The number of anilines is 1. The van der Waals surface area contributed by atoms with Crippen molar-refractivity contribution in [1.29, 1.82) is 0 Å². The second kappa shape index (κ2) is 5.54. The summed E-state index contributed by atoms with van der Waals surface area (Å²) in [6, 6.07) is 3.57. The number of nitrogens with zero attached hydrogens (tertiary/aromatic N) is 3. The zero-order chi connectivity index (χ0) is 13.0. The molecule has 18 heavy (non-hydrogen) atoms. The van der Waals surface area contributed by atoms with Crippen molar-refractivity contribution >= 4 is 5.69 Å². The lowest BCUT2D eigenvalue weighted by molar-refractivity contribution is 0.268. The Labute approximate surface area is 102 Å². The lowest BCUT2D eigenvalue weighted by atomic mass is 10.3. The molecule has 0 aliphatic carbocycles. The van der Waals surface area contributed by atoms with Crippen molar-refractivity contribution in [2.45, 2.75) is 13.1 Å². The molecule has 0 saturated carbocycles. The van der Waals surface area contributed by atoms with Gasteiger partial charge in [-0.05, 0) is 12.1 Å². The van der Waals surface area contributed by atoms with E-state index in [1.54, 1.807) is 6.20 Å². The highest BCUT2D eigenvalue weighted by Crippen LogP contribution is 2.13. The first-order valence-corrected chi connectivity index (χ1v) is 5.38. The second-order valence-corrected chi connectivity index (χ2v) is 3.68. The molecule has 1 heterocycles. The van der Waals surface area contributed by atoms with Gasteiger partial charge in [0.05, 0.1) is 25.9 Å². The van der Waals surface area contributed by atoms with Gasteiger partial charge in [0.2, 0.25) is 0 Å². The fourth-order valence-corrected chi connectivity index (χ4v) is 1.43. The topological polar surface area (TPSA) is 63.0 Å². The highest BCUT2D eigenvalue weighted by Gasteiger charge is 2.04. The van der Waals surface area contributed by atoms with E-state index in [2.05, 4.69) is 15.6 Å². The Morgan fingerprint density at radius 3 is 2.83 bits per heavy atom. The van der Waals surface area contributed by atoms with E-state index in [0.29, 0.717) is 24.5 Å². The van der Waals surface area contributed by atoms with E-state index < -0.39 is 11.6 Å². The summed E-state index contributed by atoms with van der Waals surface area (Å²) >= 11 is 0. The Bertz CT molecular complexity index is 530. The minimum absolute atomic E-state index is 0.0145. The number of aromatic nitrogens is 3. The third-order valence-corrected chi connectivity index (χ3v) is 2.31. The average Bonchev–Trinajstić information content (AvgIpc) is 2.79. The van der Waals surface area contributed by atoms with Crippen LogP contribution in [-0.2, 0) is 13.1 Å². The predicted molar refractivity (Wildman–Crippen MR) is 60.8 cm³/mol. The van der Waals surface area contributed by atoms with Crippen molar-refractivity contribution in [3.8, 4) is 0 Å². The largest absolute Gasteiger partial charge is 0.394 e. The van der Waals surface area contributed by atoms with Gasteiger partial charge in [-0.2, -0.15) is 0 Å². The molecule has 1 aromatic carbocycles. The lowest BCUT2D eigenvalue weighted by Gasteiger charge is -2.04. The van der Waals surface area contributed by atoms with Gasteiger partial charge in [-0.3, -0.25) is 0 Å². The number of aliphatic hydroxyl groups excluding tert-OH is 1. The average molecular weight is 254 g/mol. The minimum atomic E-state index is -0.899. The van der Waals surface area contributed by atoms with Crippen molar-refractivity contribution in [2.24, 2.45) is 0 Å². The fraction of sp³-hybridized carbons (Fsp3) is 0.273. The van der Waals surface area contributed by atoms with E-state index >= 15 is 0 Å². The molecule has 0 aliphatic heterocycles. The maximum atomic E-state index is 12.9. The van der Waals surface area contributed by atoms with E-state index in [-0.39, 0.29) is 6.61 Å². The molecule has 2 N–H and O–H groups in total. The minimum Gasteiger partial charge on any atom is -0.394 e. The van der Waals surface area contributed by atoms with Gasteiger partial charge in [0.15, 0.2) is 11.6 Å². The lowest BCUT2D eigenvalue weighted by Crippen LogP contribution is -2.02. The molecule has 1 aromatic heterocycles. The van der Waals surface area contributed by atoms with Gasteiger partial charge >= 0.3 is 0 Å². The summed E-state index contributed by atoms with van der Waals surface area (Å²) in [6.07, 6.45) is 1.67. The van der Waals surface area contributed by atoms with Gasteiger partial charge in [-0.15, -0.1) is 5.10 Å². The first-order valence-electron chi connectivity index (χ1n) is 5.38. The molecule has 2 rings (SSSR count). The van der Waals surface area contributed by atoms with Gasteiger partial charge in [0.1, 0.15) is 5.69 Å². The molecule has 0 amide bonds. The van der Waals surface area contributed by atoms with Crippen LogP contribution in [-0.4, -0.2) is 26.7 Å².